The van der Waals surface area contributed by atoms with Gasteiger partial charge in [0.15, 0.2) is 0 Å². The molecule has 1 aromatic carbocycles. The monoisotopic (exact) mass is 273 g/mol. The molecule has 0 bridgehead atoms. The van der Waals surface area contributed by atoms with Crippen molar-refractivity contribution in [1.29, 1.82) is 0 Å². The van der Waals surface area contributed by atoms with Crippen LogP contribution in [0.5, 0.6) is 0 Å². The molecule has 7 heteroatoms. The number of aromatic nitrogens is 2. The Morgan fingerprint density at radius 1 is 1.35 bits per heavy atom. The summed E-state index contributed by atoms with van der Waals surface area (Å²) >= 11 is 0. The number of carboxylic acid groups (broad SMARTS) is 1. The minimum Gasteiger partial charge on any atom is -0.478 e. The fourth-order valence-corrected chi connectivity index (χ4v) is 1.66. The highest BCUT2D eigenvalue weighted by atomic mass is 16.4. The second-order valence-corrected chi connectivity index (χ2v) is 4.03. The van der Waals surface area contributed by atoms with Crippen molar-refractivity contribution in [2.24, 2.45) is 0 Å². The van der Waals surface area contributed by atoms with Crippen molar-refractivity contribution in [2.45, 2.75) is 6.92 Å². The lowest BCUT2D eigenvalue weighted by Gasteiger charge is -2.09. The van der Waals surface area contributed by atoms with Crippen molar-refractivity contribution < 1.29 is 14.7 Å². The summed E-state index contributed by atoms with van der Waals surface area (Å²) in [6.07, 6.45) is 2.18. The van der Waals surface area contributed by atoms with Crippen LogP contribution in [0.3, 0.4) is 0 Å². The Labute approximate surface area is 113 Å². The molecule has 7 nitrogen and oxygen atoms in total. The molecule has 1 heterocycles. The third-order valence-electron chi connectivity index (χ3n) is 2.72. The van der Waals surface area contributed by atoms with E-state index in [9.17, 15) is 14.4 Å². The number of carbonyl (C=O) groups is 2. The van der Waals surface area contributed by atoms with E-state index in [-0.39, 0.29) is 11.3 Å². The van der Waals surface area contributed by atoms with Crippen LogP contribution in [0.4, 0.5) is 5.69 Å². The number of aromatic amines is 1. The van der Waals surface area contributed by atoms with E-state index in [0.717, 1.165) is 6.20 Å². The van der Waals surface area contributed by atoms with Crippen LogP contribution in [0.25, 0.3) is 0 Å². The highest BCUT2D eigenvalue weighted by Gasteiger charge is 2.13. The van der Waals surface area contributed by atoms with Gasteiger partial charge in [-0.1, -0.05) is 6.07 Å². The molecule has 0 saturated heterocycles. The van der Waals surface area contributed by atoms with Gasteiger partial charge in [-0.05, 0) is 24.6 Å². The molecule has 2 aromatic rings. The molecular weight excluding hydrogens is 262 g/mol. The van der Waals surface area contributed by atoms with E-state index < -0.39 is 17.4 Å². The molecule has 0 aliphatic heterocycles. The highest BCUT2D eigenvalue weighted by Crippen LogP contribution is 2.19. The quantitative estimate of drug-likeness (QED) is 0.773. The van der Waals surface area contributed by atoms with Crippen LogP contribution >= 0.6 is 0 Å². The molecule has 1 amide bonds. The van der Waals surface area contributed by atoms with Gasteiger partial charge in [-0.15, -0.1) is 0 Å². The molecular formula is C13H11N3O4. The summed E-state index contributed by atoms with van der Waals surface area (Å²) in [6.45, 7) is 1.60. The predicted octanol–water partition coefficient (Wildman–Crippen LogP) is 1.03. The van der Waals surface area contributed by atoms with E-state index in [2.05, 4.69) is 15.3 Å². The first kappa shape index (κ1) is 13.5. The summed E-state index contributed by atoms with van der Waals surface area (Å²) in [5.41, 5.74) is 0.549. The molecule has 0 radical (unpaired) electrons. The molecule has 0 aliphatic carbocycles. The van der Waals surface area contributed by atoms with Gasteiger partial charge in [-0.25, -0.2) is 9.78 Å². The van der Waals surface area contributed by atoms with E-state index in [4.69, 9.17) is 5.11 Å². The molecule has 1 aromatic heterocycles. The SMILES string of the molecule is Cc1c(NC(=O)c2c[nH]c(=O)cn2)cccc1C(=O)O. The van der Waals surface area contributed by atoms with Crippen LogP contribution in [-0.4, -0.2) is 27.0 Å². The third-order valence-corrected chi connectivity index (χ3v) is 2.72. The van der Waals surface area contributed by atoms with Crippen molar-refractivity contribution in [3.05, 3.63) is 57.8 Å². The van der Waals surface area contributed by atoms with Crippen molar-refractivity contribution in [3.63, 3.8) is 0 Å². The fourth-order valence-electron chi connectivity index (χ4n) is 1.66. The Hall–Kier alpha value is -2.96. The Morgan fingerprint density at radius 3 is 2.70 bits per heavy atom. The summed E-state index contributed by atoms with van der Waals surface area (Å²) in [7, 11) is 0. The number of carboxylic acids is 1. The van der Waals surface area contributed by atoms with Crippen molar-refractivity contribution in [1.82, 2.24) is 9.97 Å². The number of benzene rings is 1. The van der Waals surface area contributed by atoms with Crippen LogP contribution in [0, 0.1) is 6.92 Å². The van der Waals surface area contributed by atoms with Gasteiger partial charge in [0.1, 0.15) is 5.69 Å². The molecule has 0 unspecified atom stereocenters. The third kappa shape index (κ3) is 2.72. The van der Waals surface area contributed by atoms with E-state index in [1.165, 1.54) is 18.3 Å². The standard InChI is InChI=1S/C13H11N3O4/c1-7-8(13(19)20)3-2-4-9(7)16-12(18)10-5-15-11(17)6-14-10/h2-6H,1H3,(H,15,17)(H,16,18)(H,19,20). The van der Waals surface area contributed by atoms with Gasteiger partial charge in [-0.2, -0.15) is 0 Å². The molecule has 0 atom stereocenters. The maximum absolute atomic E-state index is 11.9. The zero-order valence-electron chi connectivity index (χ0n) is 10.5. The minimum absolute atomic E-state index is 0.0322. The molecule has 0 fully saturated rings. The maximum Gasteiger partial charge on any atom is 0.336 e. The number of rotatable bonds is 3. The average molecular weight is 273 g/mol. The minimum atomic E-state index is -1.07. The zero-order valence-corrected chi connectivity index (χ0v) is 10.5. The Kier molecular flexibility index (Phi) is 3.60. The van der Waals surface area contributed by atoms with Crippen LogP contribution < -0.4 is 10.9 Å². The highest BCUT2D eigenvalue weighted by molar-refractivity contribution is 6.04. The molecule has 2 rings (SSSR count). The van der Waals surface area contributed by atoms with Gasteiger partial charge in [0.25, 0.3) is 11.5 Å². The normalized spacial score (nSPS) is 10.1. The van der Waals surface area contributed by atoms with Gasteiger partial charge in [0.05, 0.1) is 11.8 Å². The second kappa shape index (κ2) is 5.35. The van der Waals surface area contributed by atoms with Gasteiger partial charge in [0, 0.05) is 11.9 Å². The first-order valence-corrected chi connectivity index (χ1v) is 5.68. The Morgan fingerprint density at radius 2 is 2.10 bits per heavy atom. The number of carbonyl (C=O) groups excluding carboxylic acids is 1. The van der Waals surface area contributed by atoms with Gasteiger partial charge < -0.3 is 15.4 Å². The molecule has 0 aliphatic rings. The molecule has 102 valence electrons. The predicted molar refractivity (Wildman–Crippen MR) is 70.9 cm³/mol. The number of H-pyrrole nitrogens is 1. The van der Waals surface area contributed by atoms with Gasteiger partial charge in [0.2, 0.25) is 0 Å². The first-order valence-electron chi connectivity index (χ1n) is 5.68. The maximum atomic E-state index is 11.9. The second-order valence-electron chi connectivity index (χ2n) is 4.03. The largest absolute Gasteiger partial charge is 0.478 e. The lowest BCUT2D eigenvalue weighted by atomic mass is 10.1. The molecule has 0 saturated carbocycles. The number of nitrogens with zero attached hydrogens (tertiary/aromatic N) is 1. The topological polar surface area (TPSA) is 112 Å². The van der Waals surface area contributed by atoms with Crippen LogP contribution in [0.2, 0.25) is 0 Å². The average Bonchev–Trinajstić information content (AvgIpc) is 2.41. The van der Waals surface area contributed by atoms with Crippen LogP contribution in [0.15, 0.2) is 35.4 Å². The fraction of sp³-hybridized carbons (Fsp3) is 0.0769. The number of anilines is 1. The summed E-state index contributed by atoms with van der Waals surface area (Å²) in [6, 6.07) is 4.57. The van der Waals surface area contributed by atoms with E-state index in [1.54, 1.807) is 13.0 Å². The van der Waals surface area contributed by atoms with Crippen molar-refractivity contribution in [2.75, 3.05) is 5.32 Å². The lowest BCUT2D eigenvalue weighted by Crippen LogP contribution is -2.18. The lowest BCUT2D eigenvalue weighted by molar-refractivity contribution is 0.0695. The van der Waals surface area contributed by atoms with Crippen molar-refractivity contribution >= 4 is 17.6 Å². The summed E-state index contributed by atoms with van der Waals surface area (Å²) in [5, 5.41) is 11.6. The van der Waals surface area contributed by atoms with Crippen molar-refractivity contribution in [3.8, 4) is 0 Å². The molecule has 0 spiro atoms. The molecule has 20 heavy (non-hydrogen) atoms. The van der Waals surface area contributed by atoms with E-state index >= 15 is 0 Å². The van der Waals surface area contributed by atoms with Gasteiger partial charge >= 0.3 is 5.97 Å². The van der Waals surface area contributed by atoms with Crippen LogP contribution in [0.1, 0.15) is 26.4 Å². The Bertz CT molecular complexity index is 716. The number of aromatic carboxylic acids is 1. The smallest absolute Gasteiger partial charge is 0.336 e. The summed E-state index contributed by atoms with van der Waals surface area (Å²) < 4.78 is 0. The number of hydrogen-bond donors (Lipinski definition) is 3. The number of amides is 1. The first-order chi connectivity index (χ1) is 9.49. The summed E-state index contributed by atoms with van der Waals surface area (Å²) in [5.74, 6) is -1.60. The zero-order chi connectivity index (χ0) is 14.7. The van der Waals surface area contributed by atoms with E-state index in [1.807, 2.05) is 0 Å². The summed E-state index contributed by atoms with van der Waals surface area (Å²) in [4.78, 5) is 39.8. The van der Waals surface area contributed by atoms with Gasteiger partial charge in [-0.3, -0.25) is 9.59 Å². The van der Waals surface area contributed by atoms with Crippen LogP contribution in [-0.2, 0) is 0 Å². The number of nitrogens with one attached hydrogen (secondary N) is 2. The van der Waals surface area contributed by atoms with E-state index in [0.29, 0.717) is 11.3 Å². The Balaban J connectivity index is 2.28. The number of hydrogen-bond acceptors (Lipinski definition) is 4. The molecule has 3 N–H and O–H groups in total.